The van der Waals surface area contributed by atoms with E-state index in [-0.39, 0.29) is 18.4 Å². The number of nitrogens with zero attached hydrogens (tertiary/aromatic N) is 3. The standard InChI is InChI=1S/C23H18N4O2S/c1-3-12-29-16-10-8-15(9-11-16)17-13-20(28)25-22-21(17)14(2)26-27(22)23-24-18-6-4-5-7-19(18)30-23/h1,4-11,17H,12-13H2,2H3,(H,25,28)/t17-/m1/s1. The number of para-hydroxylation sites is 1. The Morgan fingerprint density at radius 2 is 2.07 bits per heavy atom. The summed E-state index contributed by atoms with van der Waals surface area (Å²) in [7, 11) is 0. The maximum atomic E-state index is 12.6. The fourth-order valence-corrected chi connectivity index (χ4v) is 4.77. The van der Waals surface area contributed by atoms with Gasteiger partial charge >= 0.3 is 0 Å². The molecule has 5 rings (SSSR count). The average molecular weight is 414 g/mol. The number of amides is 1. The number of thiazole rings is 1. The van der Waals surface area contributed by atoms with Crippen LogP contribution in [0.3, 0.4) is 0 Å². The molecule has 1 aliphatic rings. The van der Waals surface area contributed by atoms with Crippen molar-refractivity contribution in [2.75, 3.05) is 11.9 Å². The molecule has 0 aliphatic carbocycles. The molecule has 148 valence electrons. The summed E-state index contributed by atoms with van der Waals surface area (Å²) in [5, 5.41) is 8.48. The molecule has 0 unspecified atom stereocenters. The molecule has 1 atom stereocenters. The minimum absolute atomic E-state index is 0.0394. The Labute approximate surface area is 177 Å². The molecule has 4 aromatic rings. The van der Waals surface area contributed by atoms with Gasteiger partial charge in [-0.3, -0.25) is 4.79 Å². The molecule has 0 fully saturated rings. The number of anilines is 1. The van der Waals surface area contributed by atoms with Crippen molar-refractivity contribution in [1.29, 1.82) is 0 Å². The first-order valence-electron chi connectivity index (χ1n) is 9.55. The number of ether oxygens (including phenoxy) is 1. The van der Waals surface area contributed by atoms with Crippen LogP contribution in [0.1, 0.15) is 29.2 Å². The van der Waals surface area contributed by atoms with Gasteiger partial charge in [0.05, 0.1) is 15.9 Å². The third-order valence-electron chi connectivity index (χ3n) is 5.17. The van der Waals surface area contributed by atoms with Gasteiger partial charge in [0.15, 0.2) is 0 Å². The van der Waals surface area contributed by atoms with Crippen molar-refractivity contribution < 1.29 is 9.53 Å². The molecule has 0 saturated heterocycles. The number of terminal acetylenes is 1. The molecule has 0 radical (unpaired) electrons. The summed E-state index contributed by atoms with van der Waals surface area (Å²) in [6, 6.07) is 15.7. The Kier molecular flexibility index (Phi) is 4.49. The molecule has 0 saturated carbocycles. The van der Waals surface area contributed by atoms with Gasteiger partial charge in [-0.1, -0.05) is 41.5 Å². The number of rotatable bonds is 4. The molecule has 1 aliphatic heterocycles. The van der Waals surface area contributed by atoms with E-state index in [2.05, 4.69) is 11.2 Å². The van der Waals surface area contributed by atoms with Crippen LogP contribution in [-0.2, 0) is 4.79 Å². The molecular weight excluding hydrogens is 396 g/mol. The molecule has 0 spiro atoms. The zero-order chi connectivity index (χ0) is 20.7. The second kappa shape index (κ2) is 7.32. The highest BCUT2D eigenvalue weighted by atomic mass is 32.1. The molecule has 2 aromatic heterocycles. The number of nitrogens with one attached hydrogen (secondary N) is 1. The van der Waals surface area contributed by atoms with Crippen LogP contribution in [0.15, 0.2) is 48.5 Å². The summed E-state index contributed by atoms with van der Waals surface area (Å²) >= 11 is 1.55. The molecule has 1 N–H and O–H groups in total. The predicted molar refractivity (Wildman–Crippen MR) is 117 cm³/mol. The van der Waals surface area contributed by atoms with Crippen molar-refractivity contribution >= 4 is 33.3 Å². The third kappa shape index (κ3) is 3.11. The topological polar surface area (TPSA) is 69.0 Å². The number of hydrogen-bond donors (Lipinski definition) is 1. The van der Waals surface area contributed by atoms with Crippen molar-refractivity contribution in [3.8, 4) is 23.2 Å². The summed E-state index contributed by atoms with van der Waals surface area (Å²) < 4.78 is 8.30. The zero-order valence-corrected chi connectivity index (χ0v) is 17.1. The maximum Gasteiger partial charge on any atom is 0.226 e. The summed E-state index contributed by atoms with van der Waals surface area (Å²) in [4.78, 5) is 17.3. The van der Waals surface area contributed by atoms with Crippen molar-refractivity contribution in [3.63, 3.8) is 0 Å². The Morgan fingerprint density at radius 1 is 1.27 bits per heavy atom. The second-order valence-corrected chi connectivity index (χ2v) is 8.10. The van der Waals surface area contributed by atoms with Gasteiger partial charge in [-0.15, -0.1) is 6.42 Å². The van der Waals surface area contributed by atoms with E-state index in [1.807, 2.05) is 55.5 Å². The SMILES string of the molecule is C#CCOc1ccc([C@H]2CC(=O)Nc3c2c(C)nn3-c2nc3ccccc3s2)cc1. The Hall–Kier alpha value is -3.63. The van der Waals surface area contributed by atoms with Gasteiger partial charge < -0.3 is 10.1 Å². The largest absolute Gasteiger partial charge is 0.481 e. The number of aromatic nitrogens is 3. The van der Waals surface area contributed by atoms with Gasteiger partial charge in [0.2, 0.25) is 11.0 Å². The van der Waals surface area contributed by atoms with Crippen LogP contribution in [0, 0.1) is 19.3 Å². The quantitative estimate of drug-likeness (QED) is 0.506. The van der Waals surface area contributed by atoms with E-state index in [1.54, 1.807) is 16.0 Å². The molecule has 30 heavy (non-hydrogen) atoms. The van der Waals surface area contributed by atoms with Gasteiger partial charge in [0.25, 0.3) is 0 Å². The first kappa shape index (κ1) is 18.4. The van der Waals surface area contributed by atoms with Gasteiger partial charge in [0.1, 0.15) is 18.2 Å². The number of carbonyl (C=O) groups excluding carboxylic acids is 1. The van der Waals surface area contributed by atoms with E-state index < -0.39 is 0 Å². The smallest absolute Gasteiger partial charge is 0.226 e. The van der Waals surface area contributed by atoms with Crippen LogP contribution in [0.5, 0.6) is 5.75 Å². The number of carbonyl (C=O) groups is 1. The Morgan fingerprint density at radius 3 is 2.83 bits per heavy atom. The van der Waals surface area contributed by atoms with E-state index in [1.165, 1.54) is 0 Å². The van der Waals surface area contributed by atoms with Gasteiger partial charge in [0, 0.05) is 17.9 Å². The van der Waals surface area contributed by atoms with Crippen molar-refractivity contribution in [2.24, 2.45) is 0 Å². The van der Waals surface area contributed by atoms with E-state index in [9.17, 15) is 4.79 Å². The minimum atomic E-state index is -0.0847. The van der Waals surface area contributed by atoms with Crippen molar-refractivity contribution in [3.05, 3.63) is 65.4 Å². The fraction of sp³-hybridized carbons (Fsp3) is 0.174. The highest BCUT2D eigenvalue weighted by Crippen LogP contribution is 2.41. The molecule has 2 aromatic carbocycles. The molecule has 3 heterocycles. The first-order chi connectivity index (χ1) is 14.6. The number of hydrogen-bond acceptors (Lipinski definition) is 5. The number of aryl methyl sites for hydroxylation is 1. The first-order valence-corrected chi connectivity index (χ1v) is 10.4. The van der Waals surface area contributed by atoms with Gasteiger partial charge in [-0.25, -0.2) is 4.98 Å². The van der Waals surface area contributed by atoms with E-state index >= 15 is 0 Å². The number of fused-ring (bicyclic) bond motifs is 2. The highest BCUT2D eigenvalue weighted by Gasteiger charge is 2.33. The monoisotopic (exact) mass is 414 g/mol. The fourth-order valence-electron chi connectivity index (χ4n) is 3.84. The predicted octanol–water partition coefficient (Wildman–Crippen LogP) is 4.28. The van der Waals surface area contributed by atoms with Crippen LogP contribution in [0.2, 0.25) is 0 Å². The van der Waals surface area contributed by atoms with Crippen LogP contribution < -0.4 is 10.1 Å². The normalized spacial score (nSPS) is 15.5. The van der Waals surface area contributed by atoms with E-state index in [4.69, 9.17) is 21.2 Å². The molecule has 0 bridgehead atoms. The van der Waals surface area contributed by atoms with Crippen LogP contribution >= 0.6 is 11.3 Å². The molecule has 6 nitrogen and oxygen atoms in total. The lowest BCUT2D eigenvalue weighted by molar-refractivity contribution is -0.116. The van der Waals surface area contributed by atoms with Crippen LogP contribution in [-0.4, -0.2) is 27.3 Å². The second-order valence-electron chi connectivity index (χ2n) is 7.09. The van der Waals surface area contributed by atoms with E-state index in [0.29, 0.717) is 18.0 Å². The lowest BCUT2D eigenvalue weighted by atomic mass is 9.86. The van der Waals surface area contributed by atoms with Crippen molar-refractivity contribution in [2.45, 2.75) is 19.3 Å². The van der Waals surface area contributed by atoms with Gasteiger partial charge in [-0.2, -0.15) is 9.78 Å². The minimum Gasteiger partial charge on any atom is -0.481 e. The summed E-state index contributed by atoms with van der Waals surface area (Å²) in [5.74, 6) is 3.74. The summed E-state index contributed by atoms with van der Waals surface area (Å²) in [5.41, 5.74) is 3.85. The highest BCUT2D eigenvalue weighted by molar-refractivity contribution is 7.20. The van der Waals surface area contributed by atoms with E-state index in [0.717, 1.165) is 32.2 Å². The third-order valence-corrected chi connectivity index (χ3v) is 6.18. The molecular formula is C23H18N4O2S. The zero-order valence-electron chi connectivity index (χ0n) is 16.3. The number of benzene rings is 2. The van der Waals surface area contributed by atoms with Crippen LogP contribution in [0.25, 0.3) is 15.3 Å². The summed E-state index contributed by atoms with van der Waals surface area (Å²) in [6.07, 6.45) is 5.62. The molecule has 1 amide bonds. The average Bonchev–Trinajstić information content (AvgIpc) is 3.33. The summed E-state index contributed by atoms with van der Waals surface area (Å²) in [6.45, 7) is 2.20. The maximum absolute atomic E-state index is 12.6. The molecule has 7 heteroatoms. The lowest BCUT2D eigenvalue weighted by Gasteiger charge is -2.24. The van der Waals surface area contributed by atoms with Gasteiger partial charge in [-0.05, 0) is 36.8 Å². The Balaban J connectivity index is 1.57. The lowest BCUT2D eigenvalue weighted by Crippen LogP contribution is -2.24. The Bertz CT molecular complexity index is 1260. The van der Waals surface area contributed by atoms with Crippen molar-refractivity contribution in [1.82, 2.24) is 14.8 Å². The van der Waals surface area contributed by atoms with Crippen LogP contribution in [0.4, 0.5) is 5.82 Å².